The molecule has 0 saturated heterocycles. The van der Waals surface area contributed by atoms with Gasteiger partial charge >= 0.3 is 0 Å². The Kier molecular flexibility index (Phi) is 9.87. The van der Waals surface area contributed by atoms with Crippen LogP contribution in [0.5, 0.6) is 11.5 Å². The molecular weight excluding hydrogens is 348 g/mol. The molecule has 0 radical (unpaired) electrons. The zero-order valence-corrected chi connectivity index (χ0v) is 17.9. The summed E-state index contributed by atoms with van der Waals surface area (Å²) in [7, 11) is 1.69. The molecular formula is C24H36N2O2. The molecule has 2 rings (SSSR count). The van der Waals surface area contributed by atoms with Crippen molar-refractivity contribution in [3.05, 3.63) is 59.7 Å². The van der Waals surface area contributed by atoms with E-state index in [0.29, 0.717) is 12.6 Å². The SMILES string of the molecule is CCN(CC)CCC[C@H](C)NCc1ccc(OCc2ccccc2)c(OC)c1. The normalized spacial score (nSPS) is 12.2. The second-order valence-electron chi connectivity index (χ2n) is 7.21. The highest BCUT2D eigenvalue weighted by molar-refractivity contribution is 5.43. The summed E-state index contributed by atoms with van der Waals surface area (Å²) in [5.41, 5.74) is 2.35. The summed E-state index contributed by atoms with van der Waals surface area (Å²) in [6.45, 7) is 11.5. The lowest BCUT2D eigenvalue weighted by Crippen LogP contribution is -2.28. The molecule has 0 aromatic heterocycles. The highest BCUT2D eigenvalue weighted by Crippen LogP contribution is 2.29. The fraction of sp³-hybridized carbons (Fsp3) is 0.500. The van der Waals surface area contributed by atoms with Crippen LogP contribution in [0.1, 0.15) is 44.7 Å². The summed E-state index contributed by atoms with van der Waals surface area (Å²) in [5, 5.41) is 3.62. The lowest BCUT2D eigenvalue weighted by Gasteiger charge is -2.20. The molecule has 0 aliphatic heterocycles. The van der Waals surface area contributed by atoms with E-state index in [9.17, 15) is 0 Å². The second kappa shape index (κ2) is 12.4. The molecule has 0 aliphatic rings. The molecule has 0 bridgehead atoms. The van der Waals surface area contributed by atoms with Gasteiger partial charge in [0.1, 0.15) is 6.61 Å². The van der Waals surface area contributed by atoms with Gasteiger partial charge in [0.2, 0.25) is 0 Å². The summed E-state index contributed by atoms with van der Waals surface area (Å²) in [5.74, 6) is 1.56. The van der Waals surface area contributed by atoms with Crippen molar-refractivity contribution in [1.29, 1.82) is 0 Å². The van der Waals surface area contributed by atoms with Crippen LogP contribution in [0, 0.1) is 0 Å². The minimum Gasteiger partial charge on any atom is -0.493 e. The first-order chi connectivity index (χ1) is 13.7. The van der Waals surface area contributed by atoms with Gasteiger partial charge in [-0.15, -0.1) is 0 Å². The lowest BCUT2D eigenvalue weighted by atomic mass is 10.1. The Bertz CT molecular complexity index is 672. The number of nitrogens with one attached hydrogen (secondary N) is 1. The maximum Gasteiger partial charge on any atom is 0.161 e. The number of methoxy groups -OCH3 is 1. The van der Waals surface area contributed by atoms with Crippen LogP contribution in [-0.2, 0) is 13.2 Å². The van der Waals surface area contributed by atoms with Gasteiger partial charge in [0.25, 0.3) is 0 Å². The molecule has 0 unspecified atom stereocenters. The minimum absolute atomic E-state index is 0.496. The third-order valence-electron chi connectivity index (χ3n) is 5.13. The minimum atomic E-state index is 0.496. The van der Waals surface area contributed by atoms with Crippen LogP contribution in [0.4, 0.5) is 0 Å². The standard InChI is InChI=1S/C24H36N2O2/c1-5-26(6-2)16-10-11-20(3)25-18-22-14-15-23(24(17-22)27-4)28-19-21-12-8-7-9-13-21/h7-9,12-15,17,20,25H,5-6,10-11,16,18-19H2,1-4H3/t20-/m0/s1. The molecule has 0 amide bonds. The average Bonchev–Trinajstić information content (AvgIpc) is 2.74. The van der Waals surface area contributed by atoms with Gasteiger partial charge in [0.15, 0.2) is 11.5 Å². The Morgan fingerprint density at radius 3 is 2.39 bits per heavy atom. The van der Waals surface area contributed by atoms with Crippen LogP contribution in [0.25, 0.3) is 0 Å². The van der Waals surface area contributed by atoms with E-state index >= 15 is 0 Å². The molecule has 0 spiro atoms. The molecule has 0 aliphatic carbocycles. The summed E-state index contributed by atoms with van der Waals surface area (Å²) >= 11 is 0. The van der Waals surface area contributed by atoms with Crippen molar-refractivity contribution in [3.63, 3.8) is 0 Å². The van der Waals surface area contributed by atoms with E-state index in [0.717, 1.165) is 36.7 Å². The fourth-order valence-electron chi connectivity index (χ4n) is 3.23. The van der Waals surface area contributed by atoms with E-state index in [-0.39, 0.29) is 0 Å². The van der Waals surface area contributed by atoms with Crippen LogP contribution in [0.2, 0.25) is 0 Å². The van der Waals surface area contributed by atoms with E-state index in [4.69, 9.17) is 9.47 Å². The Morgan fingerprint density at radius 1 is 0.964 bits per heavy atom. The predicted molar refractivity (Wildman–Crippen MR) is 117 cm³/mol. The molecule has 1 atom stereocenters. The summed E-state index contributed by atoms with van der Waals surface area (Å²) < 4.78 is 11.5. The fourth-order valence-corrected chi connectivity index (χ4v) is 3.23. The third kappa shape index (κ3) is 7.53. The Morgan fingerprint density at radius 2 is 1.71 bits per heavy atom. The first kappa shape index (κ1) is 22.3. The van der Waals surface area contributed by atoms with E-state index in [1.165, 1.54) is 24.9 Å². The van der Waals surface area contributed by atoms with Crippen LogP contribution in [0.15, 0.2) is 48.5 Å². The Hall–Kier alpha value is -2.04. The van der Waals surface area contributed by atoms with Gasteiger partial charge in [-0.05, 0) is 62.7 Å². The maximum absolute atomic E-state index is 5.94. The molecule has 1 N–H and O–H groups in total. The quantitative estimate of drug-likeness (QED) is 0.534. The topological polar surface area (TPSA) is 33.7 Å². The van der Waals surface area contributed by atoms with Gasteiger partial charge in [-0.1, -0.05) is 50.2 Å². The highest BCUT2D eigenvalue weighted by Gasteiger charge is 2.08. The molecule has 0 fully saturated rings. The molecule has 2 aromatic carbocycles. The second-order valence-corrected chi connectivity index (χ2v) is 7.21. The van der Waals surface area contributed by atoms with Crippen molar-refractivity contribution < 1.29 is 9.47 Å². The van der Waals surface area contributed by atoms with Crippen molar-refractivity contribution >= 4 is 0 Å². The number of nitrogens with zero attached hydrogens (tertiary/aromatic N) is 1. The van der Waals surface area contributed by atoms with Gasteiger partial charge in [-0.2, -0.15) is 0 Å². The molecule has 4 heteroatoms. The summed E-state index contributed by atoms with van der Waals surface area (Å²) in [4.78, 5) is 2.48. The first-order valence-corrected chi connectivity index (χ1v) is 10.5. The van der Waals surface area contributed by atoms with Gasteiger partial charge in [-0.3, -0.25) is 0 Å². The lowest BCUT2D eigenvalue weighted by molar-refractivity contribution is 0.284. The smallest absolute Gasteiger partial charge is 0.161 e. The number of rotatable bonds is 13. The third-order valence-corrected chi connectivity index (χ3v) is 5.13. The van der Waals surface area contributed by atoms with E-state index in [1.54, 1.807) is 7.11 Å². The zero-order chi connectivity index (χ0) is 20.2. The molecule has 0 saturated carbocycles. The zero-order valence-electron chi connectivity index (χ0n) is 17.9. The predicted octanol–water partition coefficient (Wildman–Crippen LogP) is 4.87. The average molecular weight is 385 g/mol. The van der Waals surface area contributed by atoms with Crippen LogP contribution >= 0.6 is 0 Å². The van der Waals surface area contributed by atoms with E-state index < -0.39 is 0 Å². The molecule has 28 heavy (non-hydrogen) atoms. The van der Waals surface area contributed by atoms with E-state index in [2.05, 4.69) is 55.3 Å². The van der Waals surface area contributed by atoms with Gasteiger partial charge in [0.05, 0.1) is 7.11 Å². The van der Waals surface area contributed by atoms with Gasteiger partial charge < -0.3 is 19.7 Å². The maximum atomic E-state index is 5.94. The number of hydrogen-bond acceptors (Lipinski definition) is 4. The monoisotopic (exact) mass is 384 g/mol. The molecule has 154 valence electrons. The summed E-state index contributed by atoms with van der Waals surface area (Å²) in [6.07, 6.45) is 2.41. The Labute approximate surface area is 170 Å². The number of ether oxygens (including phenoxy) is 2. The first-order valence-electron chi connectivity index (χ1n) is 10.5. The van der Waals surface area contributed by atoms with Crippen molar-refractivity contribution in [3.8, 4) is 11.5 Å². The highest BCUT2D eigenvalue weighted by atomic mass is 16.5. The van der Waals surface area contributed by atoms with Crippen molar-refractivity contribution in [2.45, 2.75) is 52.8 Å². The van der Waals surface area contributed by atoms with Crippen molar-refractivity contribution in [2.75, 3.05) is 26.7 Å². The molecule has 4 nitrogen and oxygen atoms in total. The largest absolute Gasteiger partial charge is 0.493 e. The van der Waals surface area contributed by atoms with Crippen LogP contribution in [-0.4, -0.2) is 37.7 Å². The Balaban J connectivity index is 1.80. The van der Waals surface area contributed by atoms with Gasteiger partial charge in [0, 0.05) is 12.6 Å². The molecule has 0 heterocycles. The van der Waals surface area contributed by atoms with E-state index in [1.807, 2.05) is 24.3 Å². The number of benzene rings is 2. The van der Waals surface area contributed by atoms with Crippen molar-refractivity contribution in [2.24, 2.45) is 0 Å². The number of hydrogen-bond donors (Lipinski definition) is 1. The van der Waals surface area contributed by atoms with Crippen LogP contribution < -0.4 is 14.8 Å². The molecule has 2 aromatic rings. The van der Waals surface area contributed by atoms with Crippen molar-refractivity contribution in [1.82, 2.24) is 10.2 Å². The van der Waals surface area contributed by atoms with Crippen LogP contribution in [0.3, 0.4) is 0 Å². The van der Waals surface area contributed by atoms with Gasteiger partial charge in [-0.25, -0.2) is 0 Å². The summed E-state index contributed by atoms with van der Waals surface area (Å²) in [6, 6.07) is 16.9.